The molecule has 1 rings (SSSR count). The van der Waals surface area contributed by atoms with Gasteiger partial charge in [-0.05, 0) is 40.0 Å². The summed E-state index contributed by atoms with van der Waals surface area (Å²) < 4.78 is 14.7. The summed E-state index contributed by atoms with van der Waals surface area (Å²) in [5.74, 6) is -0.808. The normalized spacial score (nSPS) is 21.4. The van der Waals surface area contributed by atoms with Crippen molar-refractivity contribution >= 4 is 18.0 Å². The molecule has 1 fully saturated rings. The average molecular weight is 315 g/mol. The number of nitrogens with zero attached hydrogens (tertiary/aromatic N) is 1. The molecule has 1 saturated heterocycles. The number of rotatable bonds is 4. The minimum absolute atomic E-state index is 0.189. The van der Waals surface area contributed by atoms with Crippen molar-refractivity contribution in [3.05, 3.63) is 0 Å². The van der Waals surface area contributed by atoms with Crippen LogP contribution in [0.25, 0.3) is 0 Å². The summed E-state index contributed by atoms with van der Waals surface area (Å²) in [5.41, 5.74) is -0.659. The Hall–Kier alpha value is -1.79. The lowest BCUT2D eigenvalue weighted by Crippen LogP contribution is -2.47. The highest BCUT2D eigenvalue weighted by atomic mass is 16.6. The Morgan fingerprint density at radius 3 is 2.23 bits per heavy atom. The summed E-state index contributed by atoms with van der Waals surface area (Å²) in [6.45, 7) is 5.28. The lowest BCUT2D eigenvalue weighted by atomic mass is 10.1. The van der Waals surface area contributed by atoms with Crippen LogP contribution in [-0.4, -0.2) is 54.8 Å². The molecule has 0 saturated carbocycles. The highest BCUT2D eigenvalue weighted by Gasteiger charge is 2.43. The smallest absolute Gasteiger partial charge is 0.411 e. The van der Waals surface area contributed by atoms with Crippen molar-refractivity contribution in [2.24, 2.45) is 0 Å². The molecule has 126 valence electrons. The Bertz CT molecular complexity index is 428. The minimum Gasteiger partial charge on any atom is -0.469 e. The van der Waals surface area contributed by atoms with E-state index in [4.69, 9.17) is 9.47 Å². The van der Waals surface area contributed by atoms with Crippen LogP contribution in [0.2, 0.25) is 0 Å². The van der Waals surface area contributed by atoms with Crippen molar-refractivity contribution in [3.63, 3.8) is 0 Å². The number of esters is 2. The fourth-order valence-electron chi connectivity index (χ4n) is 2.51. The summed E-state index contributed by atoms with van der Waals surface area (Å²) in [6.07, 6.45) is 1.18. The van der Waals surface area contributed by atoms with E-state index in [1.807, 2.05) is 0 Å². The van der Waals surface area contributed by atoms with E-state index in [1.54, 1.807) is 20.8 Å². The maximum absolute atomic E-state index is 12.4. The topological polar surface area (TPSA) is 82.1 Å². The van der Waals surface area contributed by atoms with E-state index in [2.05, 4.69) is 4.74 Å². The summed E-state index contributed by atoms with van der Waals surface area (Å²) >= 11 is 0. The van der Waals surface area contributed by atoms with Gasteiger partial charge in [-0.25, -0.2) is 9.59 Å². The molecule has 0 aromatic rings. The van der Waals surface area contributed by atoms with E-state index in [-0.39, 0.29) is 18.4 Å². The number of methoxy groups -OCH3 is 2. The van der Waals surface area contributed by atoms with Gasteiger partial charge in [-0.2, -0.15) is 0 Å². The van der Waals surface area contributed by atoms with Crippen LogP contribution in [0, 0.1) is 0 Å². The van der Waals surface area contributed by atoms with Crippen molar-refractivity contribution in [1.29, 1.82) is 0 Å². The van der Waals surface area contributed by atoms with Crippen molar-refractivity contribution in [2.75, 3.05) is 14.2 Å². The van der Waals surface area contributed by atoms with Crippen molar-refractivity contribution in [1.82, 2.24) is 4.90 Å². The average Bonchev–Trinajstić information content (AvgIpc) is 2.85. The van der Waals surface area contributed by atoms with Crippen molar-refractivity contribution in [2.45, 2.75) is 64.1 Å². The molecule has 1 heterocycles. The number of hydrogen-bond acceptors (Lipinski definition) is 6. The van der Waals surface area contributed by atoms with E-state index < -0.39 is 23.7 Å². The first kappa shape index (κ1) is 18.3. The van der Waals surface area contributed by atoms with Crippen LogP contribution in [0.15, 0.2) is 0 Å². The van der Waals surface area contributed by atoms with Gasteiger partial charge in [0.05, 0.1) is 14.2 Å². The Morgan fingerprint density at radius 2 is 1.73 bits per heavy atom. The van der Waals surface area contributed by atoms with Crippen LogP contribution in [0.5, 0.6) is 0 Å². The van der Waals surface area contributed by atoms with Crippen LogP contribution in [0.3, 0.4) is 0 Å². The lowest BCUT2D eigenvalue weighted by molar-refractivity contribution is -0.146. The predicted octanol–water partition coefficient (Wildman–Crippen LogP) is 1.88. The Morgan fingerprint density at radius 1 is 1.09 bits per heavy atom. The predicted molar refractivity (Wildman–Crippen MR) is 78.1 cm³/mol. The molecule has 0 bridgehead atoms. The van der Waals surface area contributed by atoms with E-state index in [0.29, 0.717) is 19.3 Å². The SMILES string of the molecule is COC(=O)CC[C@H]1CC[C@@H](C(=O)OC)N1C(=O)OC(C)(C)C. The van der Waals surface area contributed by atoms with E-state index in [0.717, 1.165) is 0 Å². The summed E-state index contributed by atoms with van der Waals surface area (Å²) in [6, 6.07) is -0.902. The molecule has 0 N–H and O–H groups in total. The molecule has 2 atom stereocenters. The first-order chi connectivity index (χ1) is 10.2. The highest BCUT2D eigenvalue weighted by Crippen LogP contribution is 2.30. The number of ether oxygens (including phenoxy) is 3. The third-order valence-corrected chi connectivity index (χ3v) is 3.49. The van der Waals surface area contributed by atoms with Gasteiger partial charge < -0.3 is 14.2 Å². The maximum Gasteiger partial charge on any atom is 0.411 e. The molecule has 0 aromatic carbocycles. The van der Waals surface area contributed by atoms with E-state index in [1.165, 1.54) is 19.1 Å². The zero-order valence-electron chi connectivity index (χ0n) is 13.9. The molecule has 0 spiro atoms. The molecule has 1 amide bonds. The number of hydrogen-bond donors (Lipinski definition) is 0. The number of carbonyl (C=O) groups excluding carboxylic acids is 3. The zero-order chi connectivity index (χ0) is 16.9. The standard InChI is InChI=1S/C15H25NO6/c1-15(2,3)22-14(19)16-10(7-9-12(17)20-4)6-8-11(16)13(18)21-5/h10-11H,6-9H2,1-5H3/t10-,11+/m1/s1. The molecule has 7 nitrogen and oxygen atoms in total. The van der Waals surface area contributed by atoms with Gasteiger partial charge in [0.1, 0.15) is 11.6 Å². The Labute approximate surface area is 130 Å². The fraction of sp³-hybridized carbons (Fsp3) is 0.800. The van der Waals surface area contributed by atoms with Gasteiger partial charge in [0.25, 0.3) is 0 Å². The van der Waals surface area contributed by atoms with E-state index in [9.17, 15) is 14.4 Å². The monoisotopic (exact) mass is 315 g/mol. The van der Waals surface area contributed by atoms with Crippen LogP contribution in [0.4, 0.5) is 4.79 Å². The number of carbonyl (C=O) groups is 3. The zero-order valence-corrected chi connectivity index (χ0v) is 13.9. The van der Waals surface area contributed by atoms with Crippen molar-refractivity contribution in [3.8, 4) is 0 Å². The summed E-state index contributed by atoms with van der Waals surface area (Å²) in [7, 11) is 2.61. The minimum atomic E-state index is -0.664. The molecule has 22 heavy (non-hydrogen) atoms. The maximum atomic E-state index is 12.4. The van der Waals surface area contributed by atoms with Crippen LogP contribution in [0.1, 0.15) is 46.5 Å². The number of likely N-dealkylation sites (tertiary alicyclic amines) is 1. The van der Waals surface area contributed by atoms with Crippen LogP contribution in [-0.2, 0) is 23.8 Å². The highest BCUT2D eigenvalue weighted by molar-refractivity contribution is 5.82. The first-order valence-corrected chi connectivity index (χ1v) is 7.35. The molecule has 1 aliphatic heterocycles. The molecule has 0 unspecified atom stereocenters. The van der Waals surface area contributed by atoms with Gasteiger partial charge in [-0.15, -0.1) is 0 Å². The summed E-state index contributed by atoms with van der Waals surface area (Å²) in [5, 5.41) is 0. The molecule has 0 radical (unpaired) electrons. The van der Waals surface area contributed by atoms with Gasteiger partial charge in [-0.1, -0.05) is 0 Å². The Balaban J connectivity index is 2.84. The van der Waals surface area contributed by atoms with Gasteiger partial charge in [-0.3, -0.25) is 9.69 Å². The Kier molecular flexibility index (Phi) is 6.20. The second kappa shape index (κ2) is 7.47. The molecule has 0 aliphatic carbocycles. The van der Waals surface area contributed by atoms with Gasteiger partial charge in [0.15, 0.2) is 0 Å². The van der Waals surface area contributed by atoms with Gasteiger partial charge >= 0.3 is 18.0 Å². The van der Waals surface area contributed by atoms with Crippen LogP contribution < -0.4 is 0 Å². The molecule has 7 heteroatoms. The van der Waals surface area contributed by atoms with E-state index >= 15 is 0 Å². The largest absolute Gasteiger partial charge is 0.469 e. The summed E-state index contributed by atoms with van der Waals surface area (Å²) in [4.78, 5) is 37.0. The van der Waals surface area contributed by atoms with Crippen molar-refractivity contribution < 1.29 is 28.6 Å². The third kappa shape index (κ3) is 4.89. The molecular formula is C15H25NO6. The van der Waals surface area contributed by atoms with Gasteiger partial charge in [0.2, 0.25) is 0 Å². The molecule has 0 aromatic heterocycles. The fourth-order valence-corrected chi connectivity index (χ4v) is 2.51. The quantitative estimate of drug-likeness (QED) is 0.582. The first-order valence-electron chi connectivity index (χ1n) is 7.35. The van der Waals surface area contributed by atoms with Gasteiger partial charge in [0, 0.05) is 12.5 Å². The number of amides is 1. The third-order valence-electron chi connectivity index (χ3n) is 3.49. The molecular weight excluding hydrogens is 290 g/mol. The second-order valence-corrected chi connectivity index (χ2v) is 6.27. The lowest BCUT2D eigenvalue weighted by Gasteiger charge is -2.31. The van der Waals surface area contributed by atoms with Crippen LogP contribution >= 0.6 is 0 Å². The second-order valence-electron chi connectivity index (χ2n) is 6.27. The molecule has 1 aliphatic rings.